The molecule has 5 nitrogen and oxygen atoms in total. The number of nitrogen functional groups attached to an aromatic ring is 1. The number of nitrogens with zero attached hydrogens (tertiary/aromatic N) is 2. The standard InChI is InChI=1S/C9H15BrN4O/c10-7-6-8(11)14-9(13-7)12-4-2-1-3-5-15/h6,15H,1-5H2,(H3,11,12,13,14). The number of aromatic nitrogens is 2. The first-order chi connectivity index (χ1) is 7.22. The van der Waals surface area contributed by atoms with Crippen LogP contribution in [-0.4, -0.2) is 28.2 Å². The average Bonchev–Trinajstić information content (AvgIpc) is 2.16. The number of aliphatic hydroxyl groups is 1. The molecular formula is C9H15BrN4O. The van der Waals surface area contributed by atoms with Gasteiger partial charge in [-0.05, 0) is 35.2 Å². The number of nitrogens with two attached hydrogens (primary N) is 1. The summed E-state index contributed by atoms with van der Waals surface area (Å²) < 4.78 is 0.674. The van der Waals surface area contributed by atoms with E-state index in [1.54, 1.807) is 6.07 Å². The fourth-order valence-electron chi connectivity index (χ4n) is 1.13. The molecule has 0 unspecified atom stereocenters. The van der Waals surface area contributed by atoms with E-state index in [2.05, 4.69) is 31.2 Å². The van der Waals surface area contributed by atoms with E-state index in [1.165, 1.54) is 0 Å². The van der Waals surface area contributed by atoms with Gasteiger partial charge < -0.3 is 16.2 Å². The lowest BCUT2D eigenvalue weighted by molar-refractivity contribution is 0.283. The van der Waals surface area contributed by atoms with Crippen LogP contribution in [0, 0.1) is 0 Å². The number of hydrogen-bond acceptors (Lipinski definition) is 5. The van der Waals surface area contributed by atoms with Gasteiger partial charge in [0.1, 0.15) is 10.4 Å². The molecule has 0 atom stereocenters. The minimum Gasteiger partial charge on any atom is -0.396 e. The Bertz CT molecular complexity index is 288. The van der Waals surface area contributed by atoms with Crippen molar-refractivity contribution < 1.29 is 5.11 Å². The molecule has 0 aliphatic rings. The third-order valence-electron chi connectivity index (χ3n) is 1.83. The second-order valence-electron chi connectivity index (χ2n) is 3.15. The van der Waals surface area contributed by atoms with Crippen molar-refractivity contribution in [3.63, 3.8) is 0 Å². The monoisotopic (exact) mass is 274 g/mol. The minimum absolute atomic E-state index is 0.250. The van der Waals surface area contributed by atoms with E-state index in [0.717, 1.165) is 25.8 Å². The molecular weight excluding hydrogens is 260 g/mol. The molecule has 4 N–H and O–H groups in total. The van der Waals surface area contributed by atoms with Crippen LogP contribution in [0.2, 0.25) is 0 Å². The third-order valence-corrected chi connectivity index (χ3v) is 2.24. The molecule has 1 rings (SSSR count). The van der Waals surface area contributed by atoms with Gasteiger partial charge in [0, 0.05) is 19.2 Å². The molecule has 0 aliphatic heterocycles. The predicted octanol–water partition coefficient (Wildman–Crippen LogP) is 1.40. The lowest BCUT2D eigenvalue weighted by Crippen LogP contribution is -2.07. The van der Waals surface area contributed by atoms with Gasteiger partial charge in [0.15, 0.2) is 0 Å². The van der Waals surface area contributed by atoms with Crippen LogP contribution >= 0.6 is 15.9 Å². The number of unbranched alkanes of at least 4 members (excludes halogenated alkanes) is 2. The number of aliphatic hydroxyl groups excluding tert-OH is 1. The van der Waals surface area contributed by atoms with Crippen molar-refractivity contribution in [1.82, 2.24) is 9.97 Å². The van der Waals surface area contributed by atoms with E-state index < -0.39 is 0 Å². The molecule has 0 amide bonds. The van der Waals surface area contributed by atoms with Crippen LogP contribution in [0.4, 0.5) is 11.8 Å². The van der Waals surface area contributed by atoms with Crippen LogP contribution < -0.4 is 11.1 Å². The van der Waals surface area contributed by atoms with Gasteiger partial charge in [0.25, 0.3) is 0 Å². The van der Waals surface area contributed by atoms with Crippen molar-refractivity contribution in [2.45, 2.75) is 19.3 Å². The van der Waals surface area contributed by atoms with E-state index >= 15 is 0 Å². The molecule has 1 aromatic heterocycles. The summed E-state index contributed by atoms with van der Waals surface area (Å²) >= 11 is 3.24. The van der Waals surface area contributed by atoms with Gasteiger partial charge in [0.05, 0.1) is 0 Å². The largest absolute Gasteiger partial charge is 0.396 e. The Morgan fingerprint density at radius 2 is 2.13 bits per heavy atom. The zero-order chi connectivity index (χ0) is 11.1. The Labute approximate surface area is 97.2 Å². The van der Waals surface area contributed by atoms with Crippen molar-refractivity contribution in [3.05, 3.63) is 10.7 Å². The summed E-state index contributed by atoms with van der Waals surface area (Å²) in [7, 11) is 0. The average molecular weight is 275 g/mol. The maximum Gasteiger partial charge on any atom is 0.225 e. The molecule has 0 radical (unpaired) electrons. The molecule has 0 saturated heterocycles. The molecule has 0 bridgehead atoms. The molecule has 0 saturated carbocycles. The first-order valence-electron chi connectivity index (χ1n) is 4.87. The van der Waals surface area contributed by atoms with E-state index in [9.17, 15) is 0 Å². The van der Waals surface area contributed by atoms with Gasteiger partial charge in [-0.25, -0.2) is 4.98 Å². The molecule has 0 aliphatic carbocycles. The Kier molecular flexibility index (Phi) is 5.34. The first-order valence-corrected chi connectivity index (χ1v) is 5.66. The smallest absolute Gasteiger partial charge is 0.225 e. The summed E-state index contributed by atoms with van der Waals surface area (Å²) in [5, 5.41) is 11.7. The highest BCUT2D eigenvalue weighted by Gasteiger charge is 1.99. The van der Waals surface area contributed by atoms with Crippen LogP contribution in [0.3, 0.4) is 0 Å². The first kappa shape index (κ1) is 12.2. The fourth-order valence-corrected chi connectivity index (χ4v) is 1.53. The number of rotatable bonds is 6. The second kappa shape index (κ2) is 6.58. The Morgan fingerprint density at radius 1 is 1.33 bits per heavy atom. The molecule has 6 heteroatoms. The molecule has 1 heterocycles. The van der Waals surface area contributed by atoms with Crippen LogP contribution in [0.15, 0.2) is 10.7 Å². The minimum atomic E-state index is 0.250. The summed E-state index contributed by atoms with van der Waals surface area (Å²) in [6.07, 6.45) is 2.81. The lowest BCUT2D eigenvalue weighted by Gasteiger charge is -2.05. The molecule has 0 aromatic carbocycles. The van der Waals surface area contributed by atoms with Gasteiger partial charge >= 0.3 is 0 Å². The summed E-state index contributed by atoms with van der Waals surface area (Å²) in [5.41, 5.74) is 5.56. The molecule has 1 aromatic rings. The number of halogens is 1. The summed E-state index contributed by atoms with van der Waals surface area (Å²) in [6, 6.07) is 1.65. The predicted molar refractivity (Wildman–Crippen MR) is 63.6 cm³/mol. The highest BCUT2D eigenvalue weighted by atomic mass is 79.9. The third kappa shape index (κ3) is 4.94. The molecule has 15 heavy (non-hydrogen) atoms. The van der Waals surface area contributed by atoms with Gasteiger partial charge in [-0.1, -0.05) is 0 Å². The molecule has 0 fully saturated rings. The lowest BCUT2D eigenvalue weighted by atomic mass is 10.2. The Hall–Kier alpha value is -0.880. The highest BCUT2D eigenvalue weighted by molar-refractivity contribution is 9.10. The van der Waals surface area contributed by atoms with Crippen LogP contribution in [0.5, 0.6) is 0 Å². The van der Waals surface area contributed by atoms with Crippen molar-refractivity contribution >= 4 is 27.7 Å². The number of anilines is 2. The molecule has 0 spiro atoms. The van der Waals surface area contributed by atoms with E-state index in [0.29, 0.717) is 16.4 Å². The van der Waals surface area contributed by atoms with E-state index in [-0.39, 0.29) is 6.61 Å². The van der Waals surface area contributed by atoms with Gasteiger partial charge in [-0.3, -0.25) is 0 Å². The van der Waals surface area contributed by atoms with Crippen LogP contribution in [0.25, 0.3) is 0 Å². The van der Waals surface area contributed by atoms with E-state index in [1.807, 2.05) is 0 Å². The zero-order valence-corrected chi connectivity index (χ0v) is 10.00. The highest BCUT2D eigenvalue weighted by Crippen LogP contribution is 2.12. The molecule has 84 valence electrons. The maximum atomic E-state index is 8.59. The quantitative estimate of drug-likeness (QED) is 0.540. The summed E-state index contributed by atoms with van der Waals surface area (Å²) in [4.78, 5) is 8.14. The van der Waals surface area contributed by atoms with Crippen molar-refractivity contribution in [2.75, 3.05) is 24.2 Å². The maximum absolute atomic E-state index is 8.59. The van der Waals surface area contributed by atoms with E-state index in [4.69, 9.17) is 10.8 Å². The second-order valence-corrected chi connectivity index (χ2v) is 3.96. The zero-order valence-electron chi connectivity index (χ0n) is 8.41. The van der Waals surface area contributed by atoms with Crippen molar-refractivity contribution in [1.29, 1.82) is 0 Å². The topological polar surface area (TPSA) is 84.1 Å². The number of nitrogens with one attached hydrogen (secondary N) is 1. The summed E-state index contributed by atoms with van der Waals surface area (Å²) in [6.45, 7) is 1.04. The van der Waals surface area contributed by atoms with Crippen LogP contribution in [-0.2, 0) is 0 Å². The van der Waals surface area contributed by atoms with Gasteiger partial charge in [0.2, 0.25) is 5.95 Å². The van der Waals surface area contributed by atoms with Gasteiger partial charge in [-0.15, -0.1) is 0 Å². The SMILES string of the molecule is Nc1cc(Br)nc(NCCCCCO)n1. The fraction of sp³-hybridized carbons (Fsp3) is 0.556. The normalized spacial score (nSPS) is 10.3. The number of hydrogen-bond donors (Lipinski definition) is 3. The Balaban J connectivity index is 2.31. The van der Waals surface area contributed by atoms with Crippen molar-refractivity contribution in [2.24, 2.45) is 0 Å². The Morgan fingerprint density at radius 3 is 2.80 bits per heavy atom. The van der Waals surface area contributed by atoms with Crippen LogP contribution in [0.1, 0.15) is 19.3 Å². The van der Waals surface area contributed by atoms with Gasteiger partial charge in [-0.2, -0.15) is 4.98 Å². The van der Waals surface area contributed by atoms with Crippen molar-refractivity contribution in [3.8, 4) is 0 Å². The summed E-state index contributed by atoms with van der Waals surface area (Å²) in [5.74, 6) is 0.973.